The molecular weight excluding hydrogens is 156 g/mol. The molecule has 0 spiro atoms. The first-order chi connectivity index (χ1) is 5.79. The molecule has 66 valence electrons. The third-order valence-corrected chi connectivity index (χ3v) is 2.45. The first-order valence-electron chi connectivity index (χ1n) is 4.26. The third kappa shape index (κ3) is 1.14. The molecule has 1 unspecified atom stereocenters. The molecule has 0 aromatic rings. The fourth-order valence-electron chi connectivity index (χ4n) is 1.63. The average Bonchev–Trinajstić information content (AvgIpc) is 2.12. The van der Waals surface area contributed by atoms with Gasteiger partial charge >= 0.3 is 0 Å². The van der Waals surface area contributed by atoms with Gasteiger partial charge in [0.15, 0.2) is 12.6 Å². The fourth-order valence-corrected chi connectivity index (χ4v) is 1.63. The number of carbonyl (C=O) groups excluding carboxylic acids is 1. The zero-order valence-electron chi connectivity index (χ0n) is 7.13. The van der Waals surface area contributed by atoms with Gasteiger partial charge in [-0.2, -0.15) is 0 Å². The summed E-state index contributed by atoms with van der Waals surface area (Å²) >= 11 is 0. The average molecular weight is 168 g/mol. The largest absolute Gasteiger partial charge is 0.471 e. The van der Waals surface area contributed by atoms with E-state index in [1.165, 1.54) is 0 Å². The molecule has 0 N–H and O–H groups in total. The molecule has 0 aromatic carbocycles. The van der Waals surface area contributed by atoms with Crippen molar-refractivity contribution < 1.29 is 14.3 Å². The Morgan fingerprint density at radius 3 is 3.17 bits per heavy atom. The Morgan fingerprint density at radius 1 is 1.50 bits per heavy atom. The number of Topliss-reactive ketones (excluding diaryl/α,β-unsaturated/α-hetero) is 1. The maximum Gasteiger partial charge on any atom is 0.188 e. The topological polar surface area (TPSA) is 35.5 Å². The van der Waals surface area contributed by atoms with Gasteiger partial charge in [0.25, 0.3) is 0 Å². The van der Waals surface area contributed by atoms with E-state index in [0.717, 1.165) is 24.2 Å². The van der Waals surface area contributed by atoms with Crippen LogP contribution in [0.15, 0.2) is 11.3 Å². The van der Waals surface area contributed by atoms with Gasteiger partial charge in [-0.15, -0.1) is 0 Å². The van der Waals surface area contributed by atoms with Crippen LogP contribution >= 0.6 is 0 Å². The van der Waals surface area contributed by atoms with Crippen LogP contribution in [0, 0.1) is 5.92 Å². The van der Waals surface area contributed by atoms with E-state index in [-0.39, 0.29) is 11.7 Å². The Kier molecular flexibility index (Phi) is 1.89. The van der Waals surface area contributed by atoms with Crippen LogP contribution in [-0.4, -0.2) is 19.2 Å². The number of ketones is 1. The van der Waals surface area contributed by atoms with Crippen LogP contribution in [-0.2, 0) is 14.3 Å². The van der Waals surface area contributed by atoms with E-state index in [1.807, 2.05) is 6.92 Å². The molecule has 0 saturated carbocycles. The predicted octanol–water partition coefficient (Wildman–Crippen LogP) is 1.24. The van der Waals surface area contributed by atoms with Crippen molar-refractivity contribution in [2.24, 2.45) is 5.92 Å². The van der Waals surface area contributed by atoms with Gasteiger partial charge in [-0.25, -0.2) is 0 Å². The van der Waals surface area contributed by atoms with E-state index in [0.29, 0.717) is 13.4 Å². The molecule has 2 rings (SSSR count). The minimum Gasteiger partial charge on any atom is -0.471 e. The van der Waals surface area contributed by atoms with Crippen molar-refractivity contribution in [2.45, 2.75) is 19.8 Å². The van der Waals surface area contributed by atoms with E-state index < -0.39 is 0 Å². The summed E-state index contributed by atoms with van der Waals surface area (Å²) in [6.45, 7) is 2.71. The van der Waals surface area contributed by atoms with E-state index in [4.69, 9.17) is 9.47 Å². The number of ether oxygens (including phenoxy) is 2. The standard InChI is InChI=1S/C9H12O3/c1-6-2-3-8-7(9(6)10)4-11-5-12-8/h6H,2-5H2,1H3. The minimum absolute atomic E-state index is 0.147. The minimum atomic E-state index is 0.147. The summed E-state index contributed by atoms with van der Waals surface area (Å²) in [5, 5.41) is 0. The molecule has 1 aliphatic heterocycles. The van der Waals surface area contributed by atoms with Crippen LogP contribution in [0.3, 0.4) is 0 Å². The lowest BCUT2D eigenvalue weighted by molar-refractivity contribution is -0.124. The lowest BCUT2D eigenvalue weighted by Gasteiger charge is -2.27. The highest BCUT2D eigenvalue weighted by Crippen LogP contribution is 2.29. The van der Waals surface area contributed by atoms with Gasteiger partial charge in [0.2, 0.25) is 0 Å². The molecule has 1 atom stereocenters. The Labute approximate surface area is 71.3 Å². The van der Waals surface area contributed by atoms with Gasteiger partial charge in [-0.1, -0.05) is 6.92 Å². The number of carbonyl (C=O) groups is 1. The highest BCUT2D eigenvalue weighted by atomic mass is 16.7. The molecule has 0 fully saturated rings. The second-order valence-corrected chi connectivity index (χ2v) is 3.32. The van der Waals surface area contributed by atoms with Crippen molar-refractivity contribution in [1.82, 2.24) is 0 Å². The highest BCUT2D eigenvalue weighted by molar-refractivity contribution is 5.98. The van der Waals surface area contributed by atoms with Crippen LogP contribution in [0.5, 0.6) is 0 Å². The summed E-state index contributed by atoms with van der Waals surface area (Å²) < 4.78 is 10.3. The van der Waals surface area contributed by atoms with Crippen molar-refractivity contribution in [3.8, 4) is 0 Å². The van der Waals surface area contributed by atoms with Gasteiger partial charge in [0, 0.05) is 12.3 Å². The first-order valence-corrected chi connectivity index (χ1v) is 4.26. The van der Waals surface area contributed by atoms with Crippen molar-refractivity contribution in [3.05, 3.63) is 11.3 Å². The molecule has 3 heteroatoms. The summed E-state index contributed by atoms with van der Waals surface area (Å²) in [4.78, 5) is 11.5. The maximum atomic E-state index is 11.5. The van der Waals surface area contributed by atoms with Gasteiger partial charge < -0.3 is 9.47 Å². The summed E-state index contributed by atoms with van der Waals surface area (Å²) in [6.07, 6.45) is 1.81. The van der Waals surface area contributed by atoms with Crippen LogP contribution in [0.1, 0.15) is 19.8 Å². The Balaban J connectivity index is 2.28. The van der Waals surface area contributed by atoms with Gasteiger partial charge in [-0.05, 0) is 6.42 Å². The zero-order valence-corrected chi connectivity index (χ0v) is 7.13. The molecule has 0 radical (unpaired) electrons. The van der Waals surface area contributed by atoms with Crippen LogP contribution < -0.4 is 0 Å². The summed E-state index contributed by atoms with van der Waals surface area (Å²) in [6, 6.07) is 0. The van der Waals surface area contributed by atoms with Gasteiger partial charge in [-0.3, -0.25) is 4.79 Å². The van der Waals surface area contributed by atoms with Gasteiger partial charge in [0.1, 0.15) is 5.76 Å². The monoisotopic (exact) mass is 168 g/mol. The van der Waals surface area contributed by atoms with E-state index in [1.54, 1.807) is 0 Å². The first kappa shape index (κ1) is 7.80. The molecule has 1 heterocycles. The van der Waals surface area contributed by atoms with Crippen molar-refractivity contribution >= 4 is 5.78 Å². The summed E-state index contributed by atoms with van der Waals surface area (Å²) in [7, 11) is 0. The van der Waals surface area contributed by atoms with Crippen LogP contribution in [0.2, 0.25) is 0 Å². The molecule has 0 aromatic heterocycles. The van der Waals surface area contributed by atoms with Gasteiger partial charge in [0.05, 0.1) is 12.2 Å². The molecule has 0 amide bonds. The number of hydrogen-bond acceptors (Lipinski definition) is 3. The lowest BCUT2D eigenvalue weighted by atomic mass is 9.88. The molecule has 1 aliphatic carbocycles. The molecule has 3 nitrogen and oxygen atoms in total. The van der Waals surface area contributed by atoms with Crippen LogP contribution in [0.25, 0.3) is 0 Å². The molecule has 0 saturated heterocycles. The third-order valence-electron chi connectivity index (χ3n) is 2.45. The van der Waals surface area contributed by atoms with E-state index >= 15 is 0 Å². The lowest BCUT2D eigenvalue weighted by Crippen LogP contribution is -2.28. The van der Waals surface area contributed by atoms with E-state index in [2.05, 4.69) is 0 Å². The SMILES string of the molecule is CC1CCC2=C(COCO2)C1=O. The maximum absolute atomic E-state index is 11.5. The molecular formula is C9H12O3. The number of rotatable bonds is 0. The summed E-state index contributed by atoms with van der Waals surface area (Å²) in [5.74, 6) is 1.22. The highest BCUT2D eigenvalue weighted by Gasteiger charge is 2.29. The molecule has 12 heavy (non-hydrogen) atoms. The normalized spacial score (nSPS) is 29.8. The predicted molar refractivity (Wildman–Crippen MR) is 42.3 cm³/mol. The Bertz CT molecular complexity index is 242. The molecule has 0 bridgehead atoms. The smallest absolute Gasteiger partial charge is 0.188 e. The number of allylic oxidation sites excluding steroid dienone is 1. The van der Waals surface area contributed by atoms with Crippen molar-refractivity contribution in [1.29, 1.82) is 0 Å². The quantitative estimate of drug-likeness (QED) is 0.546. The Morgan fingerprint density at radius 2 is 2.33 bits per heavy atom. The fraction of sp³-hybridized carbons (Fsp3) is 0.667. The molecule has 2 aliphatic rings. The van der Waals surface area contributed by atoms with Crippen LogP contribution in [0.4, 0.5) is 0 Å². The van der Waals surface area contributed by atoms with Crippen molar-refractivity contribution in [3.63, 3.8) is 0 Å². The van der Waals surface area contributed by atoms with Crippen molar-refractivity contribution in [2.75, 3.05) is 13.4 Å². The second kappa shape index (κ2) is 2.90. The summed E-state index contributed by atoms with van der Waals surface area (Å²) in [5.41, 5.74) is 0.764. The number of hydrogen-bond donors (Lipinski definition) is 0. The zero-order chi connectivity index (χ0) is 8.55. The Hall–Kier alpha value is -0.830. The second-order valence-electron chi connectivity index (χ2n) is 3.32. The van der Waals surface area contributed by atoms with E-state index in [9.17, 15) is 4.79 Å².